The molecule has 33 heavy (non-hydrogen) atoms. The molecule has 0 aliphatic rings. The lowest BCUT2D eigenvalue weighted by Gasteiger charge is -2.14. The van der Waals surface area contributed by atoms with Gasteiger partial charge in [-0.15, -0.1) is 0 Å². The molecule has 0 bridgehead atoms. The van der Waals surface area contributed by atoms with Gasteiger partial charge in [-0.2, -0.15) is 0 Å². The fourth-order valence-corrected chi connectivity index (χ4v) is 3.62. The SMILES string of the molecule is CCOc1cc(C=Nc2ccc(C)cc2C)cc(Cl)c1OCC(=O)Nc1ccc(C)c(Cl)c1. The highest BCUT2D eigenvalue weighted by Crippen LogP contribution is 2.36. The van der Waals surface area contributed by atoms with Gasteiger partial charge < -0.3 is 14.8 Å². The van der Waals surface area contributed by atoms with Gasteiger partial charge >= 0.3 is 0 Å². The molecule has 7 heteroatoms. The second kappa shape index (κ2) is 11.2. The first-order chi connectivity index (χ1) is 15.8. The third-order valence-corrected chi connectivity index (χ3v) is 5.53. The summed E-state index contributed by atoms with van der Waals surface area (Å²) in [5.41, 5.74) is 5.43. The Morgan fingerprint density at radius 2 is 1.76 bits per heavy atom. The Hall–Kier alpha value is -3.02. The minimum absolute atomic E-state index is 0.235. The zero-order valence-electron chi connectivity index (χ0n) is 19.0. The number of ether oxygens (including phenoxy) is 2. The summed E-state index contributed by atoms with van der Waals surface area (Å²) in [6, 6.07) is 14.9. The van der Waals surface area contributed by atoms with Crippen molar-refractivity contribution in [2.45, 2.75) is 27.7 Å². The Morgan fingerprint density at radius 3 is 2.45 bits per heavy atom. The quantitative estimate of drug-likeness (QED) is 0.347. The van der Waals surface area contributed by atoms with Gasteiger partial charge in [0, 0.05) is 16.9 Å². The average molecular weight is 485 g/mol. The van der Waals surface area contributed by atoms with Crippen LogP contribution in [0.1, 0.15) is 29.2 Å². The zero-order chi connectivity index (χ0) is 24.0. The number of aryl methyl sites for hydroxylation is 3. The molecular formula is C26H26Cl2N2O3. The van der Waals surface area contributed by atoms with Crippen LogP contribution in [0.5, 0.6) is 11.5 Å². The van der Waals surface area contributed by atoms with Crippen molar-refractivity contribution >= 4 is 46.7 Å². The summed E-state index contributed by atoms with van der Waals surface area (Å²) >= 11 is 12.6. The van der Waals surface area contributed by atoms with Crippen LogP contribution in [0.4, 0.5) is 11.4 Å². The van der Waals surface area contributed by atoms with E-state index in [1.165, 1.54) is 5.56 Å². The van der Waals surface area contributed by atoms with Crippen LogP contribution < -0.4 is 14.8 Å². The number of aliphatic imine (C=N–C) groups is 1. The number of benzene rings is 3. The number of nitrogens with zero attached hydrogens (tertiary/aromatic N) is 1. The molecule has 3 rings (SSSR count). The van der Waals surface area contributed by atoms with Gasteiger partial charge in [0.2, 0.25) is 0 Å². The van der Waals surface area contributed by atoms with E-state index in [1.807, 2.05) is 45.9 Å². The van der Waals surface area contributed by atoms with Gasteiger partial charge in [-0.1, -0.05) is 47.0 Å². The minimum atomic E-state index is -0.339. The van der Waals surface area contributed by atoms with Crippen LogP contribution >= 0.6 is 23.2 Å². The molecule has 1 N–H and O–H groups in total. The van der Waals surface area contributed by atoms with Crippen molar-refractivity contribution in [2.75, 3.05) is 18.5 Å². The topological polar surface area (TPSA) is 59.9 Å². The van der Waals surface area contributed by atoms with Crippen LogP contribution in [0, 0.1) is 20.8 Å². The van der Waals surface area contributed by atoms with Crippen molar-refractivity contribution < 1.29 is 14.3 Å². The van der Waals surface area contributed by atoms with E-state index in [2.05, 4.69) is 16.4 Å². The molecule has 5 nitrogen and oxygen atoms in total. The number of rotatable bonds is 8. The molecule has 0 unspecified atom stereocenters. The lowest BCUT2D eigenvalue weighted by Crippen LogP contribution is -2.20. The van der Waals surface area contributed by atoms with Crippen molar-refractivity contribution in [1.29, 1.82) is 0 Å². The minimum Gasteiger partial charge on any atom is -0.490 e. The second-order valence-corrected chi connectivity index (χ2v) is 8.43. The lowest BCUT2D eigenvalue weighted by atomic mass is 10.1. The normalized spacial score (nSPS) is 11.0. The first kappa shape index (κ1) is 24.6. The molecule has 0 aliphatic carbocycles. The van der Waals surface area contributed by atoms with Crippen LogP contribution in [0.15, 0.2) is 53.5 Å². The molecule has 0 saturated heterocycles. The number of anilines is 1. The summed E-state index contributed by atoms with van der Waals surface area (Å²) in [4.78, 5) is 16.9. The average Bonchev–Trinajstić information content (AvgIpc) is 2.75. The monoisotopic (exact) mass is 484 g/mol. The zero-order valence-corrected chi connectivity index (χ0v) is 20.6. The molecule has 0 saturated carbocycles. The number of amides is 1. The Kier molecular flexibility index (Phi) is 8.37. The highest BCUT2D eigenvalue weighted by molar-refractivity contribution is 6.32. The Balaban J connectivity index is 1.74. The summed E-state index contributed by atoms with van der Waals surface area (Å²) in [5.74, 6) is 0.409. The summed E-state index contributed by atoms with van der Waals surface area (Å²) in [6.45, 7) is 8.00. The number of halogens is 2. The van der Waals surface area contributed by atoms with Crippen molar-refractivity contribution in [3.05, 3.63) is 80.8 Å². The lowest BCUT2D eigenvalue weighted by molar-refractivity contribution is -0.118. The largest absolute Gasteiger partial charge is 0.490 e. The molecule has 0 radical (unpaired) electrons. The summed E-state index contributed by atoms with van der Waals surface area (Å²) in [7, 11) is 0. The molecule has 0 aliphatic heterocycles. The highest BCUT2D eigenvalue weighted by atomic mass is 35.5. The van der Waals surface area contributed by atoms with Crippen molar-refractivity contribution in [3.8, 4) is 11.5 Å². The van der Waals surface area contributed by atoms with Crippen LogP contribution in [-0.4, -0.2) is 25.3 Å². The molecule has 0 heterocycles. The Morgan fingerprint density at radius 1 is 0.970 bits per heavy atom. The molecule has 0 fully saturated rings. The van der Waals surface area contributed by atoms with Crippen molar-refractivity contribution in [2.24, 2.45) is 4.99 Å². The van der Waals surface area contributed by atoms with E-state index in [1.54, 1.807) is 30.5 Å². The standard InChI is InChI=1S/C26H26Cl2N2O3/c1-5-32-24-12-19(14-29-23-9-6-16(2)10-18(23)4)11-22(28)26(24)33-15-25(31)30-20-8-7-17(3)21(27)13-20/h6-14H,5,15H2,1-4H3,(H,30,31). The van der Waals surface area contributed by atoms with Gasteiger partial charge in [-0.25, -0.2) is 0 Å². The molecule has 172 valence electrons. The van der Waals surface area contributed by atoms with E-state index in [4.69, 9.17) is 32.7 Å². The van der Waals surface area contributed by atoms with Crippen LogP contribution in [0.3, 0.4) is 0 Å². The van der Waals surface area contributed by atoms with Crippen molar-refractivity contribution in [1.82, 2.24) is 0 Å². The summed E-state index contributed by atoms with van der Waals surface area (Å²) in [6.07, 6.45) is 1.73. The molecule has 0 spiro atoms. The molecule has 0 atom stereocenters. The first-order valence-electron chi connectivity index (χ1n) is 10.5. The Labute approximate surface area is 204 Å². The fourth-order valence-electron chi connectivity index (χ4n) is 3.17. The van der Waals surface area contributed by atoms with Crippen LogP contribution in [0.25, 0.3) is 0 Å². The summed E-state index contributed by atoms with van der Waals surface area (Å²) in [5, 5.41) is 3.66. The van der Waals surface area contributed by atoms with E-state index < -0.39 is 0 Å². The smallest absolute Gasteiger partial charge is 0.262 e. The third-order valence-electron chi connectivity index (χ3n) is 4.84. The maximum Gasteiger partial charge on any atom is 0.262 e. The number of hydrogen-bond acceptors (Lipinski definition) is 4. The molecule has 1 amide bonds. The van der Waals surface area contributed by atoms with Crippen molar-refractivity contribution in [3.63, 3.8) is 0 Å². The molecule has 3 aromatic carbocycles. The van der Waals surface area contributed by atoms with Gasteiger partial charge in [-0.3, -0.25) is 9.79 Å². The van der Waals surface area contributed by atoms with Gasteiger partial charge in [-0.05, 0) is 74.7 Å². The van der Waals surface area contributed by atoms with E-state index >= 15 is 0 Å². The predicted octanol–water partition coefficient (Wildman–Crippen LogP) is 7.09. The second-order valence-electron chi connectivity index (χ2n) is 7.61. The number of hydrogen-bond donors (Lipinski definition) is 1. The number of carbonyl (C=O) groups is 1. The number of nitrogens with one attached hydrogen (secondary N) is 1. The first-order valence-corrected chi connectivity index (χ1v) is 11.3. The predicted molar refractivity (Wildman–Crippen MR) is 136 cm³/mol. The fraction of sp³-hybridized carbons (Fsp3) is 0.231. The Bertz CT molecular complexity index is 1190. The maximum atomic E-state index is 12.4. The van der Waals surface area contributed by atoms with Crippen LogP contribution in [-0.2, 0) is 4.79 Å². The van der Waals surface area contributed by atoms with E-state index in [9.17, 15) is 4.79 Å². The van der Waals surface area contributed by atoms with Crippen LogP contribution in [0.2, 0.25) is 10.0 Å². The third kappa shape index (κ3) is 6.73. The van der Waals surface area contributed by atoms with E-state index in [-0.39, 0.29) is 12.5 Å². The van der Waals surface area contributed by atoms with Gasteiger partial charge in [0.15, 0.2) is 18.1 Å². The summed E-state index contributed by atoms with van der Waals surface area (Å²) < 4.78 is 11.4. The van der Waals surface area contributed by atoms with E-state index in [0.29, 0.717) is 33.8 Å². The van der Waals surface area contributed by atoms with Gasteiger partial charge in [0.1, 0.15) is 0 Å². The van der Waals surface area contributed by atoms with Gasteiger partial charge in [0.05, 0.1) is 17.3 Å². The molecular weight excluding hydrogens is 459 g/mol. The van der Waals surface area contributed by atoms with E-state index in [0.717, 1.165) is 22.4 Å². The molecule has 3 aromatic rings. The maximum absolute atomic E-state index is 12.4. The highest BCUT2D eigenvalue weighted by Gasteiger charge is 2.14. The molecule has 0 aromatic heterocycles. The number of carbonyl (C=O) groups excluding carboxylic acids is 1. The van der Waals surface area contributed by atoms with Gasteiger partial charge in [0.25, 0.3) is 5.91 Å².